The number of hydrogen-bond acceptors (Lipinski definition) is 6. The molecule has 1 aromatic carbocycles. The van der Waals surface area contributed by atoms with Gasteiger partial charge in [-0.15, -0.1) is 11.3 Å². The van der Waals surface area contributed by atoms with Gasteiger partial charge in [-0.1, -0.05) is 19.0 Å². The van der Waals surface area contributed by atoms with Crippen molar-refractivity contribution >= 4 is 33.9 Å². The summed E-state index contributed by atoms with van der Waals surface area (Å²) in [4.78, 5) is 29.5. The molecule has 8 heteroatoms. The van der Waals surface area contributed by atoms with E-state index in [1.807, 2.05) is 6.07 Å². The number of oxime groups is 1. The molecule has 166 valence electrons. The highest BCUT2D eigenvalue weighted by molar-refractivity contribution is 7.16. The van der Waals surface area contributed by atoms with Crippen molar-refractivity contribution in [3.63, 3.8) is 0 Å². The summed E-state index contributed by atoms with van der Waals surface area (Å²) in [6, 6.07) is 3.90. The van der Waals surface area contributed by atoms with E-state index in [0.29, 0.717) is 28.3 Å². The molecule has 0 unspecified atom stereocenters. The Bertz CT molecular complexity index is 1360. The fourth-order valence-corrected chi connectivity index (χ4v) is 5.95. The van der Waals surface area contributed by atoms with Gasteiger partial charge >= 0.3 is 5.97 Å². The molecule has 0 atom stereocenters. The Hall–Kier alpha value is -3.13. The van der Waals surface area contributed by atoms with Crippen LogP contribution in [0, 0.1) is 5.41 Å². The van der Waals surface area contributed by atoms with Gasteiger partial charge in [0, 0.05) is 32.5 Å². The number of rotatable bonds is 4. The first-order chi connectivity index (χ1) is 15.3. The molecular weight excluding hydrogens is 428 g/mol. The van der Waals surface area contributed by atoms with Gasteiger partial charge in [0.25, 0.3) is 0 Å². The Morgan fingerprint density at radius 3 is 2.69 bits per heavy atom. The SMILES string of the molecule is COc1c(-c2cc3c(s2)CCC(C)(C)/C3=N\O)c(C2CC2)cc2c(=O)c(C(=O)O)c[nH]c12. The summed E-state index contributed by atoms with van der Waals surface area (Å²) in [7, 11) is 1.57. The second-order valence-corrected chi connectivity index (χ2v) is 10.3. The van der Waals surface area contributed by atoms with Crippen LogP contribution in [0.1, 0.15) is 65.4 Å². The topological polar surface area (TPSA) is 112 Å². The number of aryl methyl sites for hydroxylation is 1. The standard InChI is InChI=1S/C24H24N2O5S/c1-24(2)7-6-16-13(22(24)26-30)9-17(32-16)18-12(11-4-5-11)8-14-19(21(18)31-3)25-10-15(20(14)27)23(28)29/h8-11,30H,4-7H2,1-3H3,(H,25,27)(H,28,29)/b26-22-. The molecule has 2 heterocycles. The Morgan fingerprint density at radius 1 is 1.31 bits per heavy atom. The van der Waals surface area contributed by atoms with Crippen molar-refractivity contribution < 1.29 is 19.8 Å². The molecule has 0 radical (unpaired) electrons. The fraction of sp³-hybridized carbons (Fsp3) is 0.375. The highest BCUT2D eigenvalue weighted by atomic mass is 32.1. The van der Waals surface area contributed by atoms with E-state index in [4.69, 9.17) is 4.74 Å². The van der Waals surface area contributed by atoms with Gasteiger partial charge < -0.3 is 20.0 Å². The van der Waals surface area contributed by atoms with Gasteiger partial charge in [-0.25, -0.2) is 4.79 Å². The zero-order valence-corrected chi connectivity index (χ0v) is 18.9. The number of aromatic amines is 1. The van der Waals surface area contributed by atoms with Crippen molar-refractivity contribution in [2.24, 2.45) is 10.6 Å². The monoisotopic (exact) mass is 452 g/mol. The highest BCUT2D eigenvalue weighted by Gasteiger charge is 2.36. The third-order valence-electron chi connectivity index (χ3n) is 6.64. The first kappa shape index (κ1) is 20.8. The summed E-state index contributed by atoms with van der Waals surface area (Å²) in [6.07, 6.45) is 5.06. The lowest BCUT2D eigenvalue weighted by Crippen LogP contribution is -2.30. The first-order valence-electron chi connectivity index (χ1n) is 10.6. The van der Waals surface area contributed by atoms with Crippen molar-refractivity contribution in [3.05, 3.63) is 50.1 Å². The molecule has 2 aliphatic carbocycles. The number of aromatic carboxylic acids is 1. The number of hydrogen-bond donors (Lipinski definition) is 3. The van der Waals surface area contributed by atoms with E-state index in [1.54, 1.807) is 18.4 Å². The van der Waals surface area contributed by atoms with Crippen LogP contribution in [-0.2, 0) is 6.42 Å². The van der Waals surface area contributed by atoms with E-state index in [2.05, 4.69) is 30.1 Å². The van der Waals surface area contributed by atoms with Crippen molar-refractivity contribution in [3.8, 4) is 16.2 Å². The zero-order valence-electron chi connectivity index (χ0n) is 18.1. The van der Waals surface area contributed by atoms with E-state index >= 15 is 0 Å². The molecule has 2 aliphatic rings. The molecule has 0 bridgehead atoms. The minimum Gasteiger partial charge on any atom is -0.494 e. The number of ether oxygens (including phenoxy) is 1. The number of fused-ring (bicyclic) bond motifs is 2. The van der Waals surface area contributed by atoms with Crippen LogP contribution < -0.4 is 10.2 Å². The van der Waals surface area contributed by atoms with Gasteiger partial charge in [-0.05, 0) is 49.3 Å². The average Bonchev–Trinajstić information content (AvgIpc) is 3.51. The van der Waals surface area contributed by atoms with Crippen LogP contribution in [0.2, 0.25) is 0 Å². The molecule has 2 aromatic heterocycles. The second-order valence-electron chi connectivity index (χ2n) is 9.19. The minimum absolute atomic E-state index is 0.217. The zero-order chi connectivity index (χ0) is 22.8. The number of pyridine rings is 1. The minimum atomic E-state index is -1.26. The number of carboxylic acids is 1. The van der Waals surface area contributed by atoms with Crippen molar-refractivity contribution in [2.75, 3.05) is 7.11 Å². The molecule has 3 N–H and O–H groups in total. The molecule has 0 saturated heterocycles. The van der Waals surface area contributed by atoms with Gasteiger partial charge in [0.1, 0.15) is 5.56 Å². The number of benzene rings is 1. The smallest absolute Gasteiger partial charge is 0.341 e. The Labute approximate surface area is 188 Å². The van der Waals surface area contributed by atoms with Crippen LogP contribution in [0.4, 0.5) is 0 Å². The first-order valence-corrected chi connectivity index (χ1v) is 11.4. The summed E-state index contributed by atoms with van der Waals surface area (Å²) in [5.41, 5.74) is 3.05. The molecule has 7 nitrogen and oxygen atoms in total. The Kier molecular flexibility index (Phi) is 4.67. The molecule has 0 amide bonds. The van der Waals surface area contributed by atoms with Crippen LogP contribution in [0.5, 0.6) is 5.75 Å². The Balaban J connectivity index is 1.80. The van der Waals surface area contributed by atoms with Gasteiger partial charge in [0.15, 0.2) is 5.75 Å². The van der Waals surface area contributed by atoms with Crippen molar-refractivity contribution in [2.45, 2.75) is 45.4 Å². The summed E-state index contributed by atoms with van der Waals surface area (Å²) < 4.78 is 5.82. The molecule has 5 rings (SSSR count). The van der Waals surface area contributed by atoms with Crippen LogP contribution >= 0.6 is 11.3 Å². The molecule has 0 spiro atoms. The average molecular weight is 453 g/mol. The number of H-pyrrole nitrogens is 1. The summed E-state index contributed by atoms with van der Waals surface area (Å²) in [6.45, 7) is 4.17. The largest absolute Gasteiger partial charge is 0.494 e. The maximum atomic E-state index is 12.9. The van der Waals surface area contributed by atoms with Gasteiger partial charge in [-0.3, -0.25) is 4.79 Å². The summed E-state index contributed by atoms with van der Waals surface area (Å²) in [5, 5.41) is 23.1. The number of methoxy groups -OCH3 is 1. The van der Waals surface area contributed by atoms with E-state index in [9.17, 15) is 19.9 Å². The number of thiophene rings is 1. The predicted octanol–water partition coefficient (Wildman–Crippen LogP) is 4.99. The molecule has 32 heavy (non-hydrogen) atoms. The fourth-order valence-electron chi connectivity index (χ4n) is 4.73. The van der Waals surface area contributed by atoms with Gasteiger partial charge in [0.05, 0.1) is 23.7 Å². The third-order valence-corrected chi connectivity index (χ3v) is 7.85. The van der Waals surface area contributed by atoms with Crippen molar-refractivity contribution in [1.29, 1.82) is 0 Å². The van der Waals surface area contributed by atoms with E-state index in [0.717, 1.165) is 47.3 Å². The molecule has 3 aromatic rings. The van der Waals surface area contributed by atoms with E-state index < -0.39 is 11.4 Å². The Morgan fingerprint density at radius 2 is 2.06 bits per heavy atom. The number of nitrogens with zero attached hydrogens (tertiary/aromatic N) is 1. The van der Waals surface area contributed by atoms with E-state index in [1.165, 1.54) is 11.1 Å². The quantitative estimate of drug-likeness (QED) is 0.381. The lowest BCUT2D eigenvalue weighted by Gasteiger charge is -2.29. The maximum absolute atomic E-state index is 12.9. The molecule has 1 saturated carbocycles. The van der Waals surface area contributed by atoms with E-state index in [-0.39, 0.29) is 11.0 Å². The van der Waals surface area contributed by atoms with Crippen LogP contribution in [0.15, 0.2) is 28.3 Å². The number of carboxylic acid groups (broad SMARTS) is 1. The lowest BCUT2D eigenvalue weighted by molar-refractivity contribution is 0.0695. The number of aromatic nitrogens is 1. The number of carbonyl (C=O) groups is 1. The summed E-state index contributed by atoms with van der Waals surface area (Å²) >= 11 is 1.66. The summed E-state index contributed by atoms with van der Waals surface area (Å²) in [5.74, 6) is -0.412. The van der Waals surface area contributed by atoms with Crippen LogP contribution in [0.25, 0.3) is 21.3 Å². The predicted molar refractivity (Wildman–Crippen MR) is 124 cm³/mol. The highest BCUT2D eigenvalue weighted by Crippen LogP contribution is 2.52. The van der Waals surface area contributed by atoms with Crippen molar-refractivity contribution in [1.82, 2.24) is 4.98 Å². The van der Waals surface area contributed by atoms with Crippen LogP contribution in [0.3, 0.4) is 0 Å². The van der Waals surface area contributed by atoms with Gasteiger partial charge in [0.2, 0.25) is 5.43 Å². The number of nitrogens with one attached hydrogen (secondary N) is 1. The van der Waals surface area contributed by atoms with Crippen LogP contribution in [-0.4, -0.2) is 34.1 Å². The van der Waals surface area contributed by atoms with Gasteiger partial charge in [-0.2, -0.15) is 0 Å². The maximum Gasteiger partial charge on any atom is 0.341 e. The second kappa shape index (κ2) is 7.20. The molecule has 1 fully saturated rings. The molecular formula is C24H24N2O5S. The molecule has 0 aliphatic heterocycles. The lowest BCUT2D eigenvalue weighted by atomic mass is 9.75. The third kappa shape index (κ3) is 3.04. The normalized spacial score (nSPS) is 18.7.